The Morgan fingerprint density at radius 1 is 1.53 bits per heavy atom. The van der Waals surface area contributed by atoms with Gasteiger partial charge in [-0.05, 0) is 57.3 Å². The van der Waals surface area contributed by atoms with E-state index >= 15 is 0 Å². The molecule has 1 saturated heterocycles. The Balaban J connectivity index is 1.82. The first kappa shape index (κ1) is 14.0. The van der Waals surface area contributed by atoms with E-state index in [1.165, 1.54) is 18.9 Å². The number of amides is 1. The van der Waals surface area contributed by atoms with E-state index in [0.29, 0.717) is 23.6 Å². The molecule has 0 aliphatic carbocycles. The van der Waals surface area contributed by atoms with Crippen molar-refractivity contribution in [2.24, 2.45) is 5.92 Å². The van der Waals surface area contributed by atoms with Crippen LogP contribution in [0.15, 0.2) is 18.2 Å². The maximum Gasteiger partial charge on any atom is 0.224 e. The molecule has 1 amide bonds. The molecular weight excluding hydrogens is 243 g/mol. The van der Waals surface area contributed by atoms with Crippen molar-refractivity contribution >= 4 is 11.6 Å². The van der Waals surface area contributed by atoms with Gasteiger partial charge < -0.3 is 10.6 Å². The summed E-state index contributed by atoms with van der Waals surface area (Å²) in [6, 6.07) is 4.75. The second-order valence-corrected chi connectivity index (χ2v) is 5.21. The first-order chi connectivity index (χ1) is 9.16. The third-order valence-electron chi connectivity index (χ3n) is 3.72. The molecule has 0 radical (unpaired) electrons. The van der Waals surface area contributed by atoms with E-state index in [4.69, 9.17) is 0 Å². The fourth-order valence-electron chi connectivity index (χ4n) is 2.46. The van der Waals surface area contributed by atoms with E-state index < -0.39 is 0 Å². The van der Waals surface area contributed by atoms with Crippen molar-refractivity contribution in [1.29, 1.82) is 0 Å². The van der Waals surface area contributed by atoms with E-state index in [0.717, 1.165) is 19.5 Å². The molecule has 1 aromatic rings. The Labute approximate surface area is 113 Å². The average Bonchev–Trinajstić information content (AvgIpc) is 2.43. The summed E-state index contributed by atoms with van der Waals surface area (Å²) in [5.74, 6) is 0.279. The monoisotopic (exact) mass is 264 g/mol. The van der Waals surface area contributed by atoms with Crippen LogP contribution in [0.4, 0.5) is 10.1 Å². The number of anilines is 1. The molecule has 104 valence electrons. The molecule has 4 heteroatoms. The smallest absolute Gasteiger partial charge is 0.224 e. The molecule has 1 aromatic carbocycles. The van der Waals surface area contributed by atoms with Gasteiger partial charge in [0, 0.05) is 17.7 Å². The van der Waals surface area contributed by atoms with Gasteiger partial charge in [-0.2, -0.15) is 0 Å². The van der Waals surface area contributed by atoms with E-state index in [2.05, 4.69) is 10.6 Å². The van der Waals surface area contributed by atoms with Gasteiger partial charge in [-0.3, -0.25) is 4.79 Å². The van der Waals surface area contributed by atoms with Gasteiger partial charge in [0.05, 0.1) is 0 Å². The van der Waals surface area contributed by atoms with Gasteiger partial charge in [-0.15, -0.1) is 0 Å². The molecule has 19 heavy (non-hydrogen) atoms. The highest BCUT2D eigenvalue weighted by molar-refractivity contribution is 5.91. The van der Waals surface area contributed by atoms with Crippen molar-refractivity contribution in [1.82, 2.24) is 5.32 Å². The molecule has 0 spiro atoms. The summed E-state index contributed by atoms with van der Waals surface area (Å²) in [5.41, 5.74) is 1.07. The lowest BCUT2D eigenvalue weighted by atomic mass is 9.94. The Kier molecular flexibility index (Phi) is 4.91. The number of benzene rings is 1. The molecule has 0 saturated carbocycles. The largest absolute Gasteiger partial charge is 0.326 e. The Morgan fingerprint density at radius 2 is 2.37 bits per heavy atom. The first-order valence-electron chi connectivity index (χ1n) is 6.92. The number of hydrogen-bond donors (Lipinski definition) is 2. The fourth-order valence-corrected chi connectivity index (χ4v) is 2.46. The van der Waals surface area contributed by atoms with Gasteiger partial charge in [-0.25, -0.2) is 4.39 Å². The molecule has 0 aromatic heterocycles. The minimum Gasteiger partial charge on any atom is -0.326 e. The lowest BCUT2D eigenvalue weighted by molar-refractivity contribution is -0.116. The molecule has 3 nitrogen and oxygen atoms in total. The van der Waals surface area contributed by atoms with Crippen molar-refractivity contribution in [3.8, 4) is 0 Å². The summed E-state index contributed by atoms with van der Waals surface area (Å²) in [5, 5.41) is 6.13. The van der Waals surface area contributed by atoms with Gasteiger partial charge in [0.2, 0.25) is 5.91 Å². The molecule has 1 heterocycles. The number of carbonyl (C=O) groups is 1. The third-order valence-corrected chi connectivity index (χ3v) is 3.72. The minimum atomic E-state index is -0.283. The van der Waals surface area contributed by atoms with Crippen molar-refractivity contribution in [3.63, 3.8) is 0 Å². The predicted molar refractivity (Wildman–Crippen MR) is 74.6 cm³/mol. The quantitative estimate of drug-likeness (QED) is 0.878. The second-order valence-electron chi connectivity index (χ2n) is 5.21. The first-order valence-corrected chi connectivity index (χ1v) is 6.92. The van der Waals surface area contributed by atoms with Crippen LogP contribution in [0.25, 0.3) is 0 Å². The number of hydrogen-bond acceptors (Lipinski definition) is 2. The van der Waals surface area contributed by atoms with Gasteiger partial charge >= 0.3 is 0 Å². The van der Waals surface area contributed by atoms with Crippen LogP contribution in [0.5, 0.6) is 0 Å². The number of halogens is 1. The molecule has 1 aliphatic rings. The van der Waals surface area contributed by atoms with Crippen molar-refractivity contribution in [2.45, 2.75) is 32.6 Å². The average molecular weight is 264 g/mol. The SMILES string of the molecule is Cc1c(F)cccc1NC(=O)CCC1CCCNC1. The van der Waals surface area contributed by atoms with Crippen LogP contribution >= 0.6 is 0 Å². The zero-order chi connectivity index (χ0) is 13.7. The van der Waals surface area contributed by atoms with Gasteiger partial charge in [0.15, 0.2) is 0 Å². The summed E-state index contributed by atoms with van der Waals surface area (Å²) in [4.78, 5) is 11.9. The standard InChI is InChI=1S/C15H21FN2O/c1-11-13(16)5-2-6-14(11)18-15(19)8-7-12-4-3-9-17-10-12/h2,5-6,12,17H,3-4,7-10H2,1H3,(H,18,19). The molecule has 0 bridgehead atoms. The third kappa shape index (κ3) is 4.03. The number of rotatable bonds is 4. The van der Waals surface area contributed by atoms with Crippen LogP contribution in [0, 0.1) is 18.7 Å². The zero-order valence-corrected chi connectivity index (χ0v) is 11.3. The van der Waals surface area contributed by atoms with E-state index in [1.54, 1.807) is 19.1 Å². The summed E-state index contributed by atoms with van der Waals surface area (Å²) in [6.07, 6.45) is 3.78. The van der Waals surface area contributed by atoms with Crippen LogP contribution < -0.4 is 10.6 Å². The van der Waals surface area contributed by atoms with Crippen molar-refractivity contribution in [3.05, 3.63) is 29.6 Å². The Morgan fingerprint density at radius 3 is 3.11 bits per heavy atom. The van der Waals surface area contributed by atoms with Crippen LogP contribution in [-0.2, 0) is 4.79 Å². The number of nitrogens with one attached hydrogen (secondary N) is 2. The normalized spacial score (nSPS) is 19.2. The maximum atomic E-state index is 13.3. The van der Waals surface area contributed by atoms with Gasteiger partial charge in [-0.1, -0.05) is 6.07 Å². The minimum absolute atomic E-state index is 0.0285. The summed E-state index contributed by atoms with van der Waals surface area (Å²) in [7, 11) is 0. The lowest BCUT2D eigenvalue weighted by Gasteiger charge is -2.22. The van der Waals surface area contributed by atoms with Crippen molar-refractivity contribution in [2.75, 3.05) is 18.4 Å². The maximum absolute atomic E-state index is 13.3. The summed E-state index contributed by atoms with van der Waals surface area (Å²) < 4.78 is 13.3. The molecular formula is C15H21FN2O. The Bertz CT molecular complexity index is 442. The van der Waals surface area contributed by atoms with Crippen LogP contribution in [0.1, 0.15) is 31.2 Å². The topological polar surface area (TPSA) is 41.1 Å². The highest BCUT2D eigenvalue weighted by Crippen LogP contribution is 2.19. The van der Waals surface area contributed by atoms with Crippen molar-refractivity contribution < 1.29 is 9.18 Å². The molecule has 1 aliphatic heterocycles. The van der Waals surface area contributed by atoms with E-state index in [1.807, 2.05) is 0 Å². The lowest BCUT2D eigenvalue weighted by Crippen LogP contribution is -2.30. The molecule has 1 unspecified atom stereocenters. The highest BCUT2D eigenvalue weighted by atomic mass is 19.1. The number of carbonyl (C=O) groups excluding carboxylic acids is 1. The molecule has 2 N–H and O–H groups in total. The van der Waals surface area contributed by atoms with Crippen LogP contribution in [0.2, 0.25) is 0 Å². The summed E-state index contributed by atoms with van der Waals surface area (Å²) >= 11 is 0. The zero-order valence-electron chi connectivity index (χ0n) is 11.3. The summed E-state index contributed by atoms with van der Waals surface area (Å²) in [6.45, 7) is 3.77. The molecule has 2 rings (SSSR count). The van der Waals surface area contributed by atoms with E-state index in [-0.39, 0.29) is 11.7 Å². The second kappa shape index (κ2) is 6.66. The fraction of sp³-hybridized carbons (Fsp3) is 0.533. The van der Waals surface area contributed by atoms with Crippen LogP contribution in [-0.4, -0.2) is 19.0 Å². The highest BCUT2D eigenvalue weighted by Gasteiger charge is 2.15. The predicted octanol–water partition coefficient (Wildman–Crippen LogP) is 2.85. The van der Waals surface area contributed by atoms with E-state index in [9.17, 15) is 9.18 Å². The molecule has 1 fully saturated rings. The van der Waals surface area contributed by atoms with Gasteiger partial charge in [0.25, 0.3) is 0 Å². The van der Waals surface area contributed by atoms with Crippen LogP contribution in [0.3, 0.4) is 0 Å². The molecule has 1 atom stereocenters. The van der Waals surface area contributed by atoms with Gasteiger partial charge in [0.1, 0.15) is 5.82 Å². The Hall–Kier alpha value is -1.42. The number of piperidine rings is 1.